The van der Waals surface area contributed by atoms with Crippen LogP contribution in [0.15, 0.2) is 35.4 Å². The zero-order valence-corrected chi connectivity index (χ0v) is 13.3. The molecule has 3 heterocycles. The minimum atomic E-state index is 0.736. The van der Waals surface area contributed by atoms with Gasteiger partial charge in [-0.3, -0.25) is 4.90 Å². The molecule has 3 nitrogen and oxygen atoms in total. The molecular weight excluding hydrogens is 278 g/mol. The second-order valence-corrected chi connectivity index (χ2v) is 6.88. The summed E-state index contributed by atoms with van der Waals surface area (Å²) in [4.78, 5) is 11.2. The van der Waals surface area contributed by atoms with Gasteiger partial charge in [0.2, 0.25) is 0 Å². The van der Waals surface area contributed by atoms with Gasteiger partial charge in [0.1, 0.15) is 5.82 Å². The van der Waals surface area contributed by atoms with Crippen LogP contribution in [0.2, 0.25) is 0 Å². The van der Waals surface area contributed by atoms with Crippen molar-refractivity contribution in [1.82, 2.24) is 9.88 Å². The molecule has 2 aliphatic rings. The first-order chi connectivity index (χ1) is 10.3. The summed E-state index contributed by atoms with van der Waals surface area (Å²) in [5.41, 5.74) is 0. The average molecular weight is 299 g/mol. The molecule has 0 radical (unpaired) electrons. The number of piperazine rings is 1. The van der Waals surface area contributed by atoms with E-state index >= 15 is 0 Å². The third kappa shape index (κ3) is 2.40. The summed E-state index contributed by atoms with van der Waals surface area (Å²) in [5, 5.41) is 2.60. The van der Waals surface area contributed by atoms with E-state index in [1.807, 2.05) is 6.20 Å². The van der Waals surface area contributed by atoms with Crippen LogP contribution in [0.25, 0.3) is 10.8 Å². The second kappa shape index (κ2) is 5.50. The maximum atomic E-state index is 4.72. The summed E-state index contributed by atoms with van der Waals surface area (Å²) in [5.74, 6) is 1.18. The van der Waals surface area contributed by atoms with Crippen LogP contribution in [0.4, 0.5) is 5.82 Å². The van der Waals surface area contributed by atoms with Crippen LogP contribution < -0.4 is 4.90 Å². The van der Waals surface area contributed by atoms with Gasteiger partial charge in [-0.15, -0.1) is 11.8 Å². The quantitative estimate of drug-likeness (QED) is 0.793. The number of benzene rings is 1. The molecule has 2 aliphatic heterocycles. The lowest BCUT2D eigenvalue weighted by atomic mass is 10.1. The fourth-order valence-corrected chi connectivity index (χ4v) is 4.13. The molecule has 0 N–H and O–H groups in total. The molecule has 0 spiro atoms. The highest BCUT2D eigenvalue weighted by atomic mass is 32.2. The third-order valence-electron chi connectivity index (χ3n) is 4.84. The van der Waals surface area contributed by atoms with E-state index in [0.717, 1.165) is 19.1 Å². The number of rotatable bonds is 2. The fraction of sp³-hybridized carbons (Fsp3) is 0.471. The molecule has 0 unspecified atom stereocenters. The summed E-state index contributed by atoms with van der Waals surface area (Å²) < 4.78 is 0. The fourth-order valence-electron chi connectivity index (χ4n) is 3.69. The van der Waals surface area contributed by atoms with E-state index in [0.29, 0.717) is 0 Å². The highest BCUT2D eigenvalue weighted by Gasteiger charge is 2.31. The molecule has 0 saturated carbocycles. The molecule has 0 bridgehead atoms. The molecule has 0 amide bonds. The molecular formula is C17H21N3S. The first kappa shape index (κ1) is 13.4. The van der Waals surface area contributed by atoms with Crippen LogP contribution in [-0.2, 0) is 0 Å². The summed E-state index contributed by atoms with van der Waals surface area (Å²) in [6.45, 7) is 4.71. The average Bonchev–Trinajstić information content (AvgIpc) is 3.01. The van der Waals surface area contributed by atoms with Crippen molar-refractivity contribution >= 4 is 28.4 Å². The van der Waals surface area contributed by atoms with Crippen molar-refractivity contribution in [3.63, 3.8) is 0 Å². The third-order valence-corrected chi connectivity index (χ3v) is 5.56. The maximum Gasteiger partial charge on any atom is 0.136 e. The van der Waals surface area contributed by atoms with Crippen molar-refractivity contribution in [1.29, 1.82) is 0 Å². The molecule has 2 fully saturated rings. The number of fused-ring (bicyclic) bond motifs is 2. The van der Waals surface area contributed by atoms with Gasteiger partial charge in [-0.25, -0.2) is 4.98 Å². The number of hydrogen-bond donors (Lipinski definition) is 0. The van der Waals surface area contributed by atoms with Gasteiger partial charge in [0, 0.05) is 42.2 Å². The lowest BCUT2D eigenvalue weighted by Gasteiger charge is -2.38. The number of aromatic nitrogens is 1. The largest absolute Gasteiger partial charge is 0.353 e. The summed E-state index contributed by atoms with van der Waals surface area (Å²) in [6.07, 6.45) is 6.79. The van der Waals surface area contributed by atoms with E-state index in [1.165, 1.54) is 47.4 Å². The SMILES string of the molecule is CSc1ccc2ccnc(N3CCN4CCC[C@H]4C3)c2c1. The van der Waals surface area contributed by atoms with Gasteiger partial charge in [0.15, 0.2) is 0 Å². The van der Waals surface area contributed by atoms with Crippen LogP contribution in [0.5, 0.6) is 0 Å². The minimum Gasteiger partial charge on any atom is -0.353 e. The molecule has 110 valence electrons. The smallest absolute Gasteiger partial charge is 0.136 e. The van der Waals surface area contributed by atoms with Gasteiger partial charge >= 0.3 is 0 Å². The topological polar surface area (TPSA) is 19.4 Å². The Labute approximate surface area is 130 Å². The standard InChI is InChI=1S/C17H21N3S/c1-21-15-5-4-13-6-7-18-17(16(13)11-15)20-10-9-19-8-2-3-14(19)12-20/h4-7,11,14H,2-3,8-10,12H2,1H3/t14-/m0/s1. The van der Waals surface area contributed by atoms with Crippen LogP contribution in [0, 0.1) is 0 Å². The van der Waals surface area contributed by atoms with Gasteiger partial charge in [0.05, 0.1) is 0 Å². The molecule has 1 aromatic heterocycles. The van der Waals surface area contributed by atoms with Crippen LogP contribution >= 0.6 is 11.8 Å². The van der Waals surface area contributed by atoms with Gasteiger partial charge in [-0.1, -0.05) is 6.07 Å². The molecule has 0 aliphatic carbocycles. The number of nitrogens with zero attached hydrogens (tertiary/aromatic N) is 3. The van der Waals surface area contributed by atoms with Crippen LogP contribution in [0.1, 0.15) is 12.8 Å². The van der Waals surface area contributed by atoms with Gasteiger partial charge in [0.25, 0.3) is 0 Å². The monoisotopic (exact) mass is 299 g/mol. The molecule has 1 atom stereocenters. The van der Waals surface area contributed by atoms with Crippen molar-refractivity contribution < 1.29 is 0 Å². The number of hydrogen-bond acceptors (Lipinski definition) is 4. The minimum absolute atomic E-state index is 0.736. The first-order valence-electron chi connectivity index (χ1n) is 7.77. The van der Waals surface area contributed by atoms with E-state index in [1.54, 1.807) is 11.8 Å². The Morgan fingerprint density at radius 1 is 1.19 bits per heavy atom. The Balaban J connectivity index is 1.72. The van der Waals surface area contributed by atoms with Crippen molar-refractivity contribution in [3.05, 3.63) is 30.5 Å². The number of thioether (sulfide) groups is 1. The van der Waals surface area contributed by atoms with Gasteiger partial charge < -0.3 is 4.90 Å². The molecule has 21 heavy (non-hydrogen) atoms. The van der Waals surface area contributed by atoms with E-state index in [-0.39, 0.29) is 0 Å². The zero-order valence-electron chi connectivity index (χ0n) is 12.5. The molecule has 2 aromatic rings. The Kier molecular flexibility index (Phi) is 3.51. The van der Waals surface area contributed by atoms with Crippen molar-refractivity contribution in [2.24, 2.45) is 0 Å². The Morgan fingerprint density at radius 3 is 3.05 bits per heavy atom. The number of anilines is 1. The number of pyridine rings is 1. The summed E-state index contributed by atoms with van der Waals surface area (Å²) in [6, 6.07) is 9.57. The molecule has 4 heteroatoms. The Morgan fingerprint density at radius 2 is 2.14 bits per heavy atom. The Hall–Kier alpha value is -1.26. The zero-order chi connectivity index (χ0) is 14.2. The highest BCUT2D eigenvalue weighted by molar-refractivity contribution is 7.98. The van der Waals surface area contributed by atoms with E-state index < -0.39 is 0 Å². The maximum absolute atomic E-state index is 4.72. The van der Waals surface area contributed by atoms with Gasteiger partial charge in [-0.05, 0) is 49.2 Å². The Bertz CT molecular complexity index is 658. The van der Waals surface area contributed by atoms with Crippen LogP contribution in [0.3, 0.4) is 0 Å². The predicted molar refractivity (Wildman–Crippen MR) is 90.3 cm³/mol. The highest BCUT2D eigenvalue weighted by Crippen LogP contribution is 2.31. The summed E-state index contributed by atoms with van der Waals surface area (Å²) in [7, 11) is 0. The summed E-state index contributed by atoms with van der Waals surface area (Å²) >= 11 is 1.80. The second-order valence-electron chi connectivity index (χ2n) is 6.00. The van der Waals surface area contributed by atoms with Crippen LogP contribution in [-0.4, -0.2) is 48.4 Å². The predicted octanol–water partition coefficient (Wildman–Crippen LogP) is 3.24. The molecule has 2 saturated heterocycles. The lowest BCUT2D eigenvalue weighted by molar-refractivity contribution is 0.230. The van der Waals surface area contributed by atoms with Crippen molar-refractivity contribution in [3.8, 4) is 0 Å². The van der Waals surface area contributed by atoms with E-state index in [2.05, 4.69) is 40.3 Å². The van der Waals surface area contributed by atoms with Gasteiger partial charge in [-0.2, -0.15) is 0 Å². The normalized spacial score (nSPS) is 22.7. The first-order valence-corrected chi connectivity index (χ1v) is 8.99. The van der Waals surface area contributed by atoms with E-state index in [9.17, 15) is 0 Å². The lowest BCUT2D eigenvalue weighted by Crippen LogP contribution is -2.50. The molecule has 1 aromatic carbocycles. The van der Waals surface area contributed by atoms with Crippen molar-refractivity contribution in [2.75, 3.05) is 37.3 Å². The van der Waals surface area contributed by atoms with E-state index in [4.69, 9.17) is 4.98 Å². The molecule has 4 rings (SSSR count). The van der Waals surface area contributed by atoms with Crippen molar-refractivity contribution in [2.45, 2.75) is 23.8 Å².